The molecule has 0 unspecified atom stereocenters. The van der Waals surface area contributed by atoms with Crippen molar-refractivity contribution in [1.29, 1.82) is 0 Å². The maximum Gasteiger partial charge on any atom is 0.265 e. The van der Waals surface area contributed by atoms with Crippen LogP contribution < -0.4 is 10.2 Å². The monoisotopic (exact) mass is 354 g/mol. The predicted octanol–water partition coefficient (Wildman–Crippen LogP) is 4.42. The molecule has 0 radical (unpaired) electrons. The molecule has 2 heterocycles. The zero-order chi connectivity index (χ0) is 17.4. The van der Waals surface area contributed by atoms with E-state index in [2.05, 4.69) is 5.32 Å². The van der Waals surface area contributed by atoms with Crippen molar-refractivity contribution in [2.75, 3.05) is 16.8 Å². The van der Waals surface area contributed by atoms with Gasteiger partial charge in [0, 0.05) is 34.4 Å². The fourth-order valence-corrected chi connectivity index (χ4v) is 3.95. The van der Waals surface area contributed by atoms with E-state index in [1.807, 2.05) is 12.1 Å². The van der Waals surface area contributed by atoms with Crippen LogP contribution in [0.15, 0.2) is 48.5 Å². The lowest BCUT2D eigenvalue weighted by molar-refractivity contribution is -0.117. The summed E-state index contributed by atoms with van der Waals surface area (Å²) in [7, 11) is 0. The molecule has 0 spiro atoms. The van der Waals surface area contributed by atoms with Gasteiger partial charge in [-0.2, -0.15) is 0 Å². The first-order chi connectivity index (χ1) is 12.1. The van der Waals surface area contributed by atoms with Crippen LogP contribution in [-0.4, -0.2) is 18.4 Å². The molecule has 0 saturated carbocycles. The van der Waals surface area contributed by atoms with Crippen molar-refractivity contribution in [3.8, 4) is 0 Å². The minimum atomic E-state index is -0.326. The lowest BCUT2D eigenvalue weighted by atomic mass is 10.2. The zero-order valence-electron chi connectivity index (χ0n) is 13.3. The van der Waals surface area contributed by atoms with Crippen molar-refractivity contribution in [2.24, 2.45) is 0 Å². The lowest BCUT2D eigenvalue weighted by Crippen LogP contribution is -2.23. The maximum atomic E-state index is 13.8. The van der Waals surface area contributed by atoms with Crippen LogP contribution in [-0.2, 0) is 4.79 Å². The normalized spacial score (nSPS) is 14.3. The summed E-state index contributed by atoms with van der Waals surface area (Å²) < 4.78 is 14.5. The summed E-state index contributed by atoms with van der Waals surface area (Å²) >= 11 is 1.26. The standard InChI is InChI=1S/C19H15FN2O2S/c20-15-3-1-4-16-14(15)11-17(25-16)19(24)21-12-6-8-13(9-7-12)22-10-2-5-18(22)23/h1,3-4,6-9,11H,2,5,10H2,(H,21,24). The molecular formula is C19H15FN2O2S. The van der Waals surface area contributed by atoms with Crippen molar-refractivity contribution in [3.63, 3.8) is 0 Å². The first-order valence-electron chi connectivity index (χ1n) is 8.02. The summed E-state index contributed by atoms with van der Waals surface area (Å²) in [6.07, 6.45) is 1.46. The fraction of sp³-hybridized carbons (Fsp3) is 0.158. The van der Waals surface area contributed by atoms with E-state index in [-0.39, 0.29) is 17.6 Å². The van der Waals surface area contributed by atoms with Crippen molar-refractivity contribution in [3.05, 3.63) is 59.2 Å². The molecule has 6 heteroatoms. The van der Waals surface area contributed by atoms with Crippen LogP contribution in [0.25, 0.3) is 10.1 Å². The highest BCUT2D eigenvalue weighted by Gasteiger charge is 2.21. The SMILES string of the molecule is O=C(Nc1ccc(N2CCCC2=O)cc1)c1cc2c(F)cccc2s1. The number of thiophene rings is 1. The Balaban J connectivity index is 1.52. The van der Waals surface area contributed by atoms with Gasteiger partial charge in [0.25, 0.3) is 5.91 Å². The Labute approximate surface area is 147 Å². The lowest BCUT2D eigenvalue weighted by Gasteiger charge is -2.16. The Hall–Kier alpha value is -2.73. The van der Waals surface area contributed by atoms with Crippen LogP contribution in [0.3, 0.4) is 0 Å². The van der Waals surface area contributed by atoms with Gasteiger partial charge in [-0.05, 0) is 48.9 Å². The van der Waals surface area contributed by atoms with Gasteiger partial charge in [-0.25, -0.2) is 4.39 Å². The van der Waals surface area contributed by atoms with E-state index in [0.717, 1.165) is 23.4 Å². The zero-order valence-corrected chi connectivity index (χ0v) is 14.1. The van der Waals surface area contributed by atoms with Crippen LogP contribution in [0.2, 0.25) is 0 Å². The van der Waals surface area contributed by atoms with E-state index in [0.29, 0.717) is 22.4 Å². The second kappa shape index (κ2) is 6.29. The summed E-state index contributed by atoms with van der Waals surface area (Å²) in [6.45, 7) is 0.734. The quantitative estimate of drug-likeness (QED) is 0.757. The molecule has 1 aliphatic rings. The topological polar surface area (TPSA) is 49.4 Å². The summed E-state index contributed by atoms with van der Waals surface area (Å²) in [5.41, 5.74) is 1.47. The first-order valence-corrected chi connectivity index (χ1v) is 8.83. The molecule has 0 bridgehead atoms. The van der Waals surface area contributed by atoms with E-state index in [4.69, 9.17) is 0 Å². The third-order valence-corrected chi connectivity index (χ3v) is 5.34. The van der Waals surface area contributed by atoms with Crippen molar-refractivity contribution < 1.29 is 14.0 Å². The number of hydrogen-bond donors (Lipinski definition) is 1. The van der Waals surface area contributed by atoms with Crippen LogP contribution in [0, 0.1) is 5.82 Å². The molecule has 1 aromatic heterocycles. The summed E-state index contributed by atoms with van der Waals surface area (Å²) in [4.78, 5) is 26.4. The Morgan fingerprint density at radius 3 is 2.64 bits per heavy atom. The van der Waals surface area contributed by atoms with Crippen LogP contribution >= 0.6 is 11.3 Å². The molecule has 1 fully saturated rings. The van der Waals surface area contributed by atoms with Crippen molar-refractivity contribution in [1.82, 2.24) is 0 Å². The largest absolute Gasteiger partial charge is 0.321 e. The Bertz CT molecular complexity index is 965. The minimum Gasteiger partial charge on any atom is -0.321 e. The predicted molar refractivity (Wildman–Crippen MR) is 97.8 cm³/mol. The number of halogens is 1. The number of benzene rings is 2. The molecule has 25 heavy (non-hydrogen) atoms. The molecule has 2 aromatic carbocycles. The van der Waals surface area contributed by atoms with Gasteiger partial charge < -0.3 is 10.2 Å². The van der Waals surface area contributed by atoms with Gasteiger partial charge in [-0.1, -0.05) is 6.07 Å². The highest BCUT2D eigenvalue weighted by molar-refractivity contribution is 7.20. The van der Waals surface area contributed by atoms with Gasteiger partial charge in [-0.3, -0.25) is 9.59 Å². The molecule has 4 rings (SSSR count). The van der Waals surface area contributed by atoms with Crippen LogP contribution in [0.4, 0.5) is 15.8 Å². The second-order valence-corrected chi connectivity index (χ2v) is 7.00. The number of rotatable bonds is 3. The summed E-state index contributed by atoms with van der Waals surface area (Å²) in [6, 6.07) is 13.6. The van der Waals surface area contributed by atoms with E-state index < -0.39 is 0 Å². The molecule has 126 valence electrons. The van der Waals surface area contributed by atoms with E-state index in [1.54, 1.807) is 35.2 Å². The number of fused-ring (bicyclic) bond motifs is 1. The minimum absolute atomic E-state index is 0.129. The molecule has 1 N–H and O–H groups in total. The molecule has 3 aromatic rings. The van der Waals surface area contributed by atoms with Crippen LogP contribution in [0.1, 0.15) is 22.5 Å². The van der Waals surface area contributed by atoms with Gasteiger partial charge in [0.15, 0.2) is 0 Å². The number of amides is 2. The van der Waals surface area contributed by atoms with Gasteiger partial charge in [0.05, 0.1) is 4.88 Å². The Morgan fingerprint density at radius 2 is 1.96 bits per heavy atom. The smallest absolute Gasteiger partial charge is 0.265 e. The van der Waals surface area contributed by atoms with Gasteiger partial charge >= 0.3 is 0 Å². The average Bonchev–Trinajstić information content (AvgIpc) is 3.23. The molecule has 1 aliphatic heterocycles. The fourth-order valence-electron chi connectivity index (χ4n) is 2.98. The Kier molecular flexibility index (Phi) is 3.97. The number of nitrogens with one attached hydrogen (secondary N) is 1. The van der Waals surface area contributed by atoms with E-state index in [1.165, 1.54) is 17.4 Å². The molecule has 0 aliphatic carbocycles. The van der Waals surface area contributed by atoms with Crippen LogP contribution in [0.5, 0.6) is 0 Å². The number of carbonyl (C=O) groups excluding carboxylic acids is 2. The molecule has 4 nitrogen and oxygen atoms in total. The number of nitrogens with zero attached hydrogens (tertiary/aromatic N) is 1. The molecular weight excluding hydrogens is 339 g/mol. The number of hydrogen-bond acceptors (Lipinski definition) is 3. The van der Waals surface area contributed by atoms with Gasteiger partial charge in [0.1, 0.15) is 5.82 Å². The van der Waals surface area contributed by atoms with Gasteiger partial charge in [-0.15, -0.1) is 11.3 Å². The highest BCUT2D eigenvalue weighted by Crippen LogP contribution is 2.28. The molecule has 1 saturated heterocycles. The number of carbonyl (C=O) groups is 2. The third kappa shape index (κ3) is 3.00. The van der Waals surface area contributed by atoms with E-state index >= 15 is 0 Å². The van der Waals surface area contributed by atoms with Crippen molar-refractivity contribution >= 4 is 44.6 Å². The Morgan fingerprint density at radius 1 is 1.16 bits per heavy atom. The first kappa shape index (κ1) is 15.8. The molecule has 0 atom stereocenters. The van der Waals surface area contributed by atoms with Crippen molar-refractivity contribution in [2.45, 2.75) is 12.8 Å². The summed E-state index contributed by atoms with van der Waals surface area (Å²) in [5, 5.41) is 3.27. The maximum absolute atomic E-state index is 13.8. The van der Waals surface area contributed by atoms with Gasteiger partial charge in [0.2, 0.25) is 5.91 Å². The second-order valence-electron chi connectivity index (χ2n) is 5.91. The summed E-state index contributed by atoms with van der Waals surface area (Å²) in [5.74, 6) is -0.470. The molecule has 2 amide bonds. The van der Waals surface area contributed by atoms with E-state index in [9.17, 15) is 14.0 Å². The average molecular weight is 354 g/mol. The third-order valence-electron chi connectivity index (χ3n) is 4.24. The highest BCUT2D eigenvalue weighted by atomic mass is 32.1. The number of anilines is 2.